The maximum absolute atomic E-state index is 12.9. The quantitative estimate of drug-likeness (QED) is 0.303. The number of carbonyl (C=O) groups excluding carboxylic acids is 1. The van der Waals surface area contributed by atoms with E-state index in [1.54, 1.807) is 45.2 Å². The normalized spacial score (nSPS) is 12.3. The van der Waals surface area contributed by atoms with Crippen molar-refractivity contribution in [2.75, 3.05) is 6.61 Å². The molecule has 21 heavy (non-hydrogen) atoms. The van der Waals surface area contributed by atoms with Crippen LogP contribution in [0.25, 0.3) is 0 Å². The zero-order chi connectivity index (χ0) is 16.6. The van der Waals surface area contributed by atoms with E-state index >= 15 is 0 Å². The molecule has 1 aromatic carbocycles. The second kappa shape index (κ2) is 6.91. The Labute approximate surface area is 158 Å². The SMILES string of the molecule is O=C(OCC(F)(F)S(=O)(=O)[O-])c1c(I)cc(I)c(O)c1I. The van der Waals surface area contributed by atoms with Crippen LogP contribution in [0.3, 0.4) is 0 Å². The van der Waals surface area contributed by atoms with Crippen molar-refractivity contribution >= 4 is 83.9 Å². The van der Waals surface area contributed by atoms with Gasteiger partial charge < -0.3 is 14.4 Å². The van der Waals surface area contributed by atoms with E-state index in [1.165, 1.54) is 6.07 Å². The zero-order valence-corrected chi connectivity index (χ0v) is 16.9. The third-order valence-corrected chi connectivity index (χ3v) is 5.66. The molecule has 0 aliphatic carbocycles. The number of hydrogen-bond acceptors (Lipinski definition) is 6. The van der Waals surface area contributed by atoms with Gasteiger partial charge in [-0.1, -0.05) is 0 Å². The van der Waals surface area contributed by atoms with Gasteiger partial charge in [0, 0.05) is 3.57 Å². The lowest BCUT2D eigenvalue weighted by Crippen LogP contribution is -2.35. The summed E-state index contributed by atoms with van der Waals surface area (Å²) in [6.07, 6.45) is 0. The van der Waals surface area contributed by atoms with Crippen molar-refractivity contribution < 1.29 is 36.4 Å². The summed E-state index contributed by atoms with van der Waals surface area (Å²) >= 11 is 5.16. The number of alkyl halides is 2. The molecule has 0 bridgehead atoms. The van der Waals surface area contributed by atoms with Crippen molar-refractivity contribution in [1.82, 2.24) is 0 Å². The first-order chi connectivity index (χ1) is 9.38. The van der Waals surface area contributed by atoms with Crippen LogP contribution >= 0.6 is 67.8 Å². The smallest absolute Gasteiger partial charge is 0.367 e. The lowest BCUT2D eigenvalue weighted by atomic mass is 10.2. The maximum Gasteiger partial charge on any atom is 0.367 e. The highest BCUT2D eigenvalue weighted by Crippen LogP contribution is 2.33. The van der Waals surface area contributed by atoms with E-state index in [0.717, 1.165) is 0 Å². The lowest BCUT2D eigenvalue weighted by Gasteiger charge is -2.19. The molecule has 0 aliphatic heterocycles. The molecule has 0 amide bonds. The Hall–Kier alpha value is 0.450. The van der Waals surface area contributed by atoms with E-state index < -0.39 is 27.9 Å². The van der Waals surface area contributed by atoms with Crippen LogP contribution in [-0.2, 0) is 14.9 Å². The molecule has 0 atom stereocenters. The van der Waals surface area contributed by atoms with Gasteiger partial charge >= 0.3 is 11.2 Å². The summed E-state index contributed by atoms with van der Waals surface area (Å²) in [7, 11) is -5.93. The van der Waals surface area contributed by atoms with Gasteiger partial charge in [0.15, 0.2) is 16.7 Å². The van der Waals surface area contributed by atoms with Gasteiger partial charge in [0.1, 0.15) is 5.75 Å². The van der Waals surface area contributed by atoms with Crippen molar-refractivity contribution in [3.8, 4) is 5.75 Å². The van der Waals surface area contributed by atoms with Gasteiger partial charge in [0.25, 0.3) is 0 Å². The number of aromatic hydroxyl groups is 1. The molecular formula is C9H4F2I3O6S-. The van der Waals surface area contributed by atoms with Crippen LogP contribution in [0.4, 0.5) is 8.78 Å². The van der Waals surface area contributed by atoms with Crippen molar-refractivity contribution in [2.45, 2.75) is 5.25 Å². The molecule has 1 rings (SSSR count). The predicted octanol–water partition coefficient (Wildman–Crippen LogP) is 2.50. The van der Waals surface area contributed by atoms with E-state index in [1.807, 2.05) is 22.6 Å². The number of benzene rings is 1. The first-order valence-electron chi connectivity index (χ1n) is 4.75. The summed E-state index contributed by atoms with van der Waals surface area (Å²) in [6, 6.07) is 1.41. The van der Waals surface area contributed by atoms with Gasteiger partial charge in [-0.2, -0.15) is 8.78 Å². The zero-order valence-electron chi connectivity index (χ0n) is 9.57. The van der Waals surface area contributed by atoms with E-state index in [0.29, 0.717) is 7.14 Å². The molecule has 0 spiro atoms. The second-order valence-electron chi connectivity index (χ2n) is 3.55. The Kier molecular flexibility index (Phi) is 6.42. The highest BCUT2D eigenvalue weighted by Gasteiger charge is 2.39. The third-order valence-electron chi connectivity index (χ3n) is 2.09. The molecule has 12 heteroatoms. The van der Waals surface area contributed by atoms with Crippen LogP contribution in [0.5, 0.6) is 5.75 Å². The van der Waals surface area contributed by atoms with Crippen LogP contribution in [0.2, 0.25) is 0 Å². The van der Waals surface area contributed by atoms with E-state index in [-0.39, 0.29) is 14.9 Å². The fourth-order valence-corrected chi connectivity index (χ4v) is 5.08. The summed E-state index contributed by atoms with van der Waals surface area (Å²) in [5, 5.41) is 4.98. The fourth-order valence-electron chi connectivity index (χ4n) is 1.06. The molecule has 0 saturated carbocycles. The van der Waals surface area contributed by atoms with Crippen LogP contribution in [0, 0.1) is 10.7 Å². The molecule has 0 fully saturated rings. The molecule has 0 aromatic heterocycles. The number of esters is 1. The van der Waals surface area contributed by atoms with Crippen LogP contribution in [0.1, 0.15) is 10.4 Å². The minimum absolute atomic E-state index is 0.0715. The van der Waals surface area contributed by atoms with Crippen LogP contribution in [0.15, 0.2) is 6.07 Å². The van der Waals surface area contributed by atoms with Gasteiger partial charge in [0.05, 0.1) is 12.7 Å². The molecule has 1 N–H and O–H groups in total. The third kappa shape index (κ3) is 4.47. The lowest BCUT2D eigenvalue weighted by molar-refractivity contribution is -0.0101. The monoisotopic (exact) mass is 659 g/mol. The minimum atomic E-state index is -5.93. The molecule has 0 saturated heterocycles. The highest BCUT2D eigenvalue weighted by atomic mass is 127. The van der Waals surface area contributed by atoms with Crippen LogP contribution in [-0.4, -0.2) is 35.9 Å². The number of ether oxygens (including phenoxy) is 1. The van der Waals surface area contributed by atoms with Gasteiger partial charge in [-0.05, 0) is 73.8 Å². The molecule has 0 unspecified atom stereocenters. The molecule has 118 valence electrons. The van der Waals surface area contributed by atoms with Gasteiger partial charge in [0.2, 0.25) is 0 Å². The second-order valence-corrected chi connectivity index (χ2v) is 8.45. The Morgan fingerprint density at radius 1 is 1.33 bits per heavy atom. The number of phenolic OH excluding ortho intramolecular Hbond substituents is 1. The molecule has 6 nitrogen and oxygen atoms in total. The van der Waals surface area contributed by atoms with Crippen molar-refractivity contribution in [3.63, 3.8) is 0 Å². The minimum Gasteiger partial charge on any atom is -0.743 e. The Bertz CT molecular complexity index is 691. The summed E-state index contributed by atoms with van der Waals surface area (Å²) in [5.74, 6) is -1.49. The average molecular weight is 659 g/mol. The Balaban J connectivity index is 3.05. The summed E-state index contributed by atoms with van der Waals surface area (Å²) in [5.41, 5.74) is -0.187. The number of hydrogen-bond donors (Lipinski definition) is 1. The van der Waals surface area contributed by atoms with E-state index in [9.17, 15) is 31.7 Å². The molecular weight excluding hydrogens is 655 g/mol. The van der Waals surface area contributed by atoms with Gasteiger partial charge in [-0.25, -0.2) is 13.2 Å². The Morgan fingerprint density at radius 3 is 2.33 bits per heavy atom. The number of carbonyl (C=O) groups is 1. The molecule has 1 aromatic rings. The van der Waals surface area contributed by atoms with Crippen molar-refractivity contribution in [2.24, 2.45) is 0 Å². The molecule has 0 radical (unpaired) electrons. The first-order valence-corrected chi connectivity index (χ1v) is 9.39. The topological polar surface area (TPSA) is 104 Å². The predicted molar refractivity (Wildman–Crippen MR) is 91.2 cm³/mol. The first kappa shape index (κ1) is 19.5. The summed E-state index contributed by atoms with van der Waals surface area (Å²) < 4.78 is 61.7. The standard InChI is InChI=1S/C9H5F2I3O6S/c10-9(11,21(17,18)19)2-20-8(16)5-3(12)1-4(13)7(15)6(5)14/h1,15H,2H2,(H,17,18,19)/p-1. The van der Waals surface area contributed by atoms with Gasteiger partial charge in [-0.3, -0.25) is 0 Å². The maximum atomic E-state index is 12.9. The van der Waals surface area contributed by atoms with Crippen molar-refractivity contribution in [3.05, 3.63) is 22.3 Å². The van der Waals surface area contributed by atoms with Gasteiger partial charge in [-0.15, -0.1) is 0 Å². The number of phenols is 1. The van der Waals surface area contributed by atoms with Crippen LogP contribution < -0.4 is 0 Å². The van der Waals surface area contributed by atoms with E-state index in [2.05, 4.69) is 4.74 Å². The summed E-state index contributed by atoms with van der Waals surface area (Å²) in [4.78, 5) is 11.7. The summed E-state index contributed by atoms with van der Waals surface area (Å²) in [6.45, 7) is -1.89. The molecule has 0 aliphatic rings. The number of rotatable bonds is 4. The highest BCUT2D eigenvalue weighted by molar-refractivity contribution is 14.1. The molecule has 0 heterocycles. The number of halogens is 5. The fraction of sp³-hybridized carbons (Fsp3) is 0.222. The largest absolute Gasteiger partial charge is 0.743 e. The van der Waals surface area contributed by atoms with Crippen molar-refractivity contribution in [1.29, 1.82) is 0 Å². The Morgan fingerprint density at radius 2 is 1.86 bits per heavy atom. The average Bonchev–Trinajstić information content (AvgIpc) is 2.32. The van der Waals surface area contributed by atoms with E-state index in [4.69, 9.17) is 0 Å².